The molecule has 0 radical (unpaired) electrons. The van der Waals surface area contributed by atoms with Crippen LogP contribution in [0.25, 0.3) is 0 Å². The SMILES string of the molecule is CNC(COCCOCCCOC)c1cc(C)cc(C)c1. The van der Waals surface area contributed by atoms with Crippen LogP contribution in [-0.2, 0) is 14.2 Å². The second-order valence-corrected chi connectivity index (χ2v) is 5.30. The van der Waals surface area contributed by atoms with Crippen LogP contribution in [-0.4, -0.2) is 47.2 Å². The van der Waals surface area contributed by atoms with E-state index in [0.29, 0.717) is 19.8 Å². The molecule has 1 unspecified atom stereocenters. The predicted molar refractivity (Wildman–Crippen MR) is 85.8 cm³/mol. The second kappa shape index (κ2) is 10.7. The zero-order chi connectivity index (χ0) is 15.5. The third-order valence-corrected chi connectivity index (χ3v) is 3.29. The molecule has 0 amide bonds. The number of likely N-dealkylation sites (N-methyl/N-ethyl adjacent to an activating group) is 1. The van der Waals surface area contributed by atoms with Gasteiger partial charge in [0, 0.05) is 20.3 Å². The fraction of sp³-hybridized carbons (Fsp3) is 0.647. The van der Waals surface area contributed by atoms with Gasteiger partial charge in [0.25, 0.3) is 0 Å². The van der Waals surface area contributed by atoms with Crippen molar-refractivity contribution >= 4 is 0 Å². The first-order chi connectivity index (χ1) is 10.2. The van der Waals surface area contributed by atoms with E-state index in [0.717, 1.165) is 19.6 Å². The fourth-order valence-corrected chi connectivity index (χ4v) is 2.28. The first kappa shape index (κ1) is 18.1. The van der Waals surface area contributed by atoms with Gasteiger partial charge in [-0.1, -0.05) is 29.3 Å². The summed E-state index contributed by atoms with van der Waals surface area (Å²) in [5, 5.41) is 3.31. The van der Waals surface area contributed by atoms with Gasteiger partial charge in [0.1, 0.15) is 0 Å². The van der Waals surface area contributed by atoms with Crippen LogP contribution in [0, 0.1) is 13.8 Å². The smallest absolute Gasteiger partial charge is 0.0701 e. The lowest BCUT2D eigenvalue weighted by Crippen LogP contribution is -2.23. The van der Waals surface area contributed by atoms with E-state index in [1.807, 2.05) is 7.05 Å². The summed E-state index contributed by atoms with van der Waals surface area (Å²) in [4.78, 5) is 0. The minimum atomic E-state index is 0.220. The average molecular weight is 295 g/mol. The monoisotopic (exact) mass is 295 g/mol. The summed E-state index contributed by atoms with van der Waals surface area (Å²) in [6.45, 7) is 7.62. The van der Waals surface area contributed by atoms with Crippen molar-refractivity contribution in [2.45, 2.75) is 26.3 Å². The molecule has 1 aromatic carbocycles. The normalized spacial score (nSPS) is 12.6. The molecule has 1 aromatic rings. The van der Waals surface area contributed by atoms with Gasteiger partial charge in [-0.15, -0.1) is 0 Å². The van der Waals surface area contributed by atoms with E-state index < -0.39 is 0 Å². The molecule has 0 aliphatic carbocycles. The van der Waals surface area contributed by atoms with Crippen molar-refractivity contribution in [3.8, 4) is 0 Å². The van der Waals surface area contributed by atoms with Crippen LogP contribution in [0.3, 0.4) is 0 Å². The van der Waals surface area contributed by atoms with Crippen molar-refractivity contribution in [2.75, 3.05) is 47.2 Å². The van der Waals surface area contributed by atoms with Gasteiger partial charge in [-0.05, 0) is 32.9 Å². The highest BCUT2D eigenvalue weighted by Crippen LogP contribution is 2.17. The third kappa shape index (κ3) is 7.58. The Balaban J connectivity index is 2.25. The Morgan fingerprint density at radius 2 is 1.62 bits per heavy atom. The van der Waals surface area contributed by atoms with Crippen molar-refractivity contribution in [2.24, 2.45) is 0 Å². The lowest BCUT2D eigenvalue weighted by molar-refractivity contribution is 0.0330. The van der Waals surface area contributed by atoms with Crippen LogP contribution in [0.5, 0.6) is 0 Å². The van der Waals surface area contributed by atoms with Crippen LogP contribution < -0.4 is 5.32 Å². The Morgan fingerprint density at radius 3 is 2.24 bits per heavy atom. The standard InChI is InChI=1S/C17H29NO3/c1-14-10-15(2)12-16(11-14)17(18-3)13-21-9-8-20-7-5-6-19-4/h10-12,17-18H,5-9,13H2,1-4H3. The van der Waals surface area contributed by atoms with Crippen LogP contribution in [0.4, 0.5) is 0 Å². The van der Waals surface area contributed by atoms with Crippen molar-refractivity contribution in [3.05, 3.63) is 34.9 Å². The maximum absolute atomic E-state index is 5.71. The molecule has 0 bridgehead atoms. The quantitative estimate of drug-likeness (QED) is 0.637. The maximum Gasteiger partial charge on any atom is 0.0701 e. The Bertz CT molecular complexity index is 375. The summed E-state index contributed by atoms with van der Waals surface area (Å²) in [6, 6.07) is 6.82. The minimum Gasteiger partial charge on any atom is -0.385 e. The molecular formula is C17H29NO3. The Kier molecular flexibility index (Phi) is 9.26. The van der Waals surface area contributed by atoms with Gasteiger partial charge in [-0.3, -0.25) is 0 Å². The summed E-state index contributed by atoms with van der Waals surface area (Å²) >= 11 is 0. The Morgan fingerprint density at radius 1 is 0.952 bits per heavy atom. The number of ether oxygens (including phenoxy) is 3. The highest BCUT2D eigenvalue weighted by atomic mass is 16.5. The summed E-state index contributed by atoms with van der Waals surface area (Å²) < 4.78 is 16.1. The molecule has 1 rings (SSSR count). The molecular weight excluding hydrogens is 266 g/mol. The van der Waals surface area contributed by atoms with Crippen LogP contribution in [0.15, 0.2) is 18.2 Å². The summed E-state index contributed by atoms with van der Waals surface area (Å²) in [6.07, 6.45) is 0.929. The second-order valence-electron chi connectivity index (χ2n) is 5.30. The molecule has 0 spiro atoms. The van der Waals surface area contributed by atoms with Crippen molar-refractivity contribution in [1.82, 2.24) is 5.32 Å². The summed E-state index contributed by atoms with van der Waals surface area (Å²) in [5.74, 6) is 0. The zero-order valence-electron chi connectivity index (χ0n) is 13.8. The van der Waals surface area contributed by atoms with E-state index >= 15 is 0 Å². The minimum absolute atomic E-state index is 0.220. The zero-order valence-corrected chi connectivity index (χ0v) is 13.8. The highest BCUT2D eigenvalue weighted by molar-refractivity contribution is 5.30. The van der Waals surface area contributed by atoms with Gasteiger partial charge in [-0.2, -0.15) is 0 Å². The number of methoxy groups -OCH3 is 1. The molecule has 4 nitrogen and oxygen atoms in total. The van der Waals surface area contributed by atoms with Gasteiger partial charge in [-0.25, -0.2) is 0 Å². The first-order valence-corrected chi connectivity index (χ1v) is 7.57. The molecule has 4 heteroatoms. The Hall–Kier alpha value is -0.940. The fourth-order valence-electron chi connectivity index (χ4n) is 2.28. The van der Waals surface area contributed by atoms with E-state index in [2.05, 4.69) is 37.4 Å². The summed E-state index contributed by atoms with van der Waals surface area (Å²) in [7, 11) is 3.67. The molecule has 0 aliphatic heterocycles. The van der Waals surface area contributed by atoms with Crippen molar-refractivity contribution in [3.63, 3.8) is 0 Å². The largest absolute Gasteiger partial charge is 0.385 e. The number of nitrogens with one attached hydrogen (secondary N) is 1. The van der Waals surface area contributed by atoms with E-state index in [1.165, 1.54) is 16.7 Å². The predicted octanol–water partition coefficient (Wildman–Crippen LogP) is 2.63. The molecule has 1 atom stereocenters. The molecule has 1 N–H and O–H groups in total. The Labute approximate surface area is 128 Å². The van der Waals surface area contributed by atoms with E-state index in [-0.39, 0.29) is 6.04 Å². The topological polar surface area (TPSA) is 39.7 Å². The molecule has 120 valence electrons. The molecule has 0 saturated heterocycles. The molecule has 0 saturated carbocycles. The van der Waals surface area contributed by atoms with E-state index in [9.17, 15) is 0 Å². The van der Waals surface area contributed by atoms with E-state index in [4.69, 9.17) is 14.2 Å². The number of rotatable bonds is 11. The van der Waals surface area contributed by atoms with Crippen LogP contribution in [0.1, 0.15) is 29.2 Å². The van der Waals surface area contributed by atoms with Gasteiger partial charge < -0.3 is 19.5 Å². The lowest BCUT2D eigenvalue weighted by atomic mass is 10.0. The van der Waals surface area contributed by atoms with Crippen LogP contribution >= 0.6 is 0 Å². The molecule has 0 aliphatic rings. The molecule has 21 heavy (non-hydrogen) atoms. The van der Waals surface area contributed by atoms with E-state index in [1.54, 1.807) is 7.11 Å². The highest BCUT2D eigenvalue weighted by Gasteiger charge is 2.10. The van der Waals surface area contributed by atoms with Crippen molar-refractivity contribution in [1.29, 1.82) is 0 Å². The molecule has 0 aromatic heterocycles. The number of benzene rings is 1. The third-order valence-electron chi connectivity index (χ3n) is 3.29. The maximum atomic E-state index is 5.71. The lowest BCUT2D eigenvalue weighted by Gasteiger charge is -2.18. The summed E-state index contributed by atoms with van der Waals surface area (Å²) in [5.41, 5.74) is 3.84. The number of aryl methyl sites for hydroxylation is 2. The van der Waals surface area contributed by atoms with Gasteiger partial charge in [0.15, 0.2) is 0 Å². The number of hydrogen-bond donors (Lipinski definition) is 1. The van der Waals surface area contributed by atoms with Gasteiger partial charge in [0.2, 0.25) is 0 Å². The van der Waals surface area contributed by atoms with Gasteiger partial charge in [0.05, 0.1) is 25.9 Å². The van der Waals surface area contributed by atoms with Crippen LogP contribution in [0.2, 0.25) is 0 Å². The van der Waals surface area contributed by atoms with Crippen molar-refractivity contribution < 1.29 is 14.2 Å². The average Bonchev–Trinajstić information content (AvgIpc) is 2.44. The molecule has 0 fully saturated rings. The first-order valence-electron chi connectivity index (χ1n) is 7.57. The molecule has 0 heterocycles. The number of hydrogen-bond acceptors (Lipinski definition) is 4. The van der Waals surface area contributed by atoms with Gasteiger partial charge >= 0.3 is 0 Å².